The van der Waals surface area contributed by atoms with Crippen molar-refractivity contribution in [3.8, 4) is 0 Å². The molecule has 2 aliphatic carbocycles. The first-order valence-corrected chi connectivity index (χ1v) is 17.3. The Morgan fingerprint density at radius 3 is 1.12 bits per heavy atom. The Morgan fingerprint density at radius 1 is 0.471 bits per heavy atom. The van der Waals surface area contributed by atoms with E-state index < -0.39 is 64.7 Å². The summed E-state index contributed by atoms with van der Waals surface area (Å²) in [5, 5.41) is 0. The van der Waals surface area contributed by atoms with E-state index in [0.29, 0.717) is 25.7 Å². The summed E-state index contributed by atoms with van der Waals surface area (Å²) in [5.41, 5.74) is 0. The van der Waals surface area contributed by atoms with Gasteiger partial charge in [-0.15, -0.1) is 7.26 Å². The number of hydrogen-bond donors (Lipinski definition) is 0. The van der Waals surface area contributed by atoms with Crippen LogP contribution in [0, 0.1) is 0 Å². The van der Waals surface area contributed by atoms with Crippen LogP contribution in [0.1, 0.15) is 89.9 Å². The van der Waals surface area contributed by atoms with Gasteiger partial charge in [-0.3, -0.25) is 0 Å². The average molecular weight is 571 g/mol. The third kappa shape index (κ3) is 12.6. The maximum absolute atomic E-state index is 11.9. The topological polar surface area (TPSA) is 173 Å². The van der Waals surface area contributed by atoms with Gasteiger partial charge in [0, 0.05) is 0 Å². The van der Waals surface area contributed by atoms with Gasteiger partial charge in [-0.25, -0.2) is 8.37 Å². The van der Waals surface area contributed by atoms with Gasteiger partial charge < -0.3 is 0 Å². The molecule has 0 aromatic carbocycles. The monoisotopic (exact) mass is 570 g/mol. The molecule has 0 aliphatic heterocycles. The molecule has 16 heteroatoms. The summed E-state index contributed by atoms with van der Waals surface area (Å²) in [7, 11) is -18.2. The van der Waals surface area contributed by atoms with Crippen molar-refractivity contribution in [1.29, 1.82) is 0 Å². The molecular weight excluding hydrogens is 536 g/mol. The predicted molar refractivity (Wildman–Crippen MR) is 122 cm³/mol. The Hall–Kier alpha value is -0.360. The predicted octanol–water partition coefficient (Wildman–Crippen LogP) is 2.43. The van der Waals surface area contributed by atoms with E-state index in [1.165, 1.54) is 0 Å². The second kappa shape index (κ2) is 13.3. The zero-order valence-corrected chi connectivity index (χ0v) is 22.3. The molecule has 202 valence electrons. The minimum absolute atomic E-state index is 0.0191. The van der Waals surface area contributed by atoms with E-state index in [2.05, 4.69) is 7.26 Å². The second-order valence-electron chi connectivity index (χ2n) is 8.60. The summed E-state index contributed by atoms with van der Waals surface area (Å²) in [6, 6.07) is 0. The third-order valence-corrected chi connectivity index (χ3v) is 11.1. The maximum atomic E-state index is 11.9. The molecule has 0 amide bonds. The van der Waals surface area contributed by atoms with E-state index in [1.807, 2.05) is 0 Å². The van der Waals surface area contributed by atoms with Crippen molar-refractivity contribution < 1.29 is 49.3 Å². The van der Waals surface area contributed by atoms with Crippen molar-refractivity contribution in [2.75, 3.05) is 11.5 Å². The molecule has 2 fully saturated rings. The van der Waals surface area contributed by atoms with Crippen molar-refractivity contribution in [3.05, 3.63) is 0 Å². The highest BCUT2D eigenvalue weighted by molar-refractivity contribution is 7.98. The standard InChI is InChI=1S/C18H34O12S4/c19-31(20,29-33(23,24)27-17-11-5-3-6-12-17)15-9-1-2-10-16-32(21,22)30-34(25,26)28-18-13-7-4-8-14-18/h17-18H,1-16H2. The lowest BCUT2D eigenvalue weighted by Gasteiger charge is -2.20. The quantitative estimate of drug-likeness (QED) is 0.263. The molecule has 0 unspecified atom stereocenters. The summed E-state index contributed by atoms with van der Waals surface area (Å²) in [5.74, 6) is -1.18. The third-order valence-electron chi connectivity index (χ3n) is 5.52. The molecule has 2 saturated carbocycles. The fourth-order valence-electron chi connectivity index (χ4n) is 3.92. The summed E-state index contributed by atoms with van der Waals surface area (Å²) in [6.45, 7) is 0. The van der Waals surface area contributed by atoms with Gasteiger partial charge in [-0.2, -0.15) is 33.7 Å². The smallest absolute Gasteiger partial charge is 0.244 e. The summed E-state index contributed by atoms with van der Waals surface area (Å²) in [6.07, 6.45) is 6.55. The highest BCUT2D eigenvalue weighted by Gasteiger charge is 2.29. The molecule has 0 heterocycles. The Morgan fingerprint density at radius 2 is 0.794 bits per heavy atom. The van der Waals surface area contributed by atoms with Gasteiger partial charge in [-0.1, -0.05) is 51.4 Å². The largest absolute Gasteiger partial charge is 0.414 e. The van der Waals surface area contributed by atoms with Crippen LogP contribution in [0.2, 0.25) is 0 Å². The molecule has 0 saturated heterocycles. The van der Waals surface area contributed by atoms with Gasteiger partial charge in [0.1, 0.15) is 0 Å². The van der Waals surface area contributed by atoms with Crippen LogP contribution in [0.4, 0.5) is 0 Å². The minimum atomic E-state index is -4.69. The van der Waals surface area contributed by atoms with Gasteiger partial charge in [0.2, 0.25) is 0 Å². The second-order valence-corrected chi connectivity index (χ2v) is 14.8. The van der Waals surface area contributed by atoms with Crippen LogP contribution < -0.4 is 0 Å². The normalized spacial score (nSPS) is 19.9. The fourth-order valence-corrected chi connectivity index (χ4v) is 8.92. The number of unbranched alkanes of at least 4 members (excludes halogenated alkanes) is 3. The molecule has 0 bridgehead atoms. The number of hydrogen-bond acceptors (Lipinski definition) is 12. The molecule has 2 rings (SSSR count). The molecule has 0 aromatic heterocycles. The van der Waals surface area contributed by atoms with Crippen LogP contribution in [0.5, 0.6) is 0 Å². The molecular formula is C18H34O12S4. The van der Waals surface area contributed by atoms with E-state index >= 15 is 0 Å². The van der Waals surface area contributed by atoms with Crippen molar-refractivity contribution in [1.82, 2.24) is 0 Å². The van der Waals surface area contributed by atoms with E-state index in [1.54, 1.807) is 0 Å². The van der Waals surface area contributed by atoms with Gasteiger partial charge in [0.15, 0.2) is 0 Å². The lowest BCUT2D eigenvalue weighted by molar-refractivity contribution is 0.144. The number of rotatable bonds is 15. The lowest BCUT2D eigenvalue weighted by atomic mass is 9.98. The Balaban J connectivity index is 1.65. The van der Waals surface area contributed by atoms with E-state index in [-0.39, 0.29) is 25.7 Å². The Labute approximate surface area is 203 Å². The van der Waals surface area contributed by atoms with E-state index in [0.717, 1.165) is 38.5 Å². The summed E-state index contributed by atoms with van der Waals surface area (Å²) in [4.78, 5) is 0. The van der Waals surface area contributed by atoms with Crippen LogP contribution in [-0.2, 0) is 56.7 Å². The fraction of sp³-hybridized carbons (Fsp3) is 1.00. The molecule has 34 heavy (non-hydrogen) atoms. The molecule has 0 spiro atoms. The highest BCUT2D eigenvalue weighted by atomic mass is 32.3. The van der Waals surface area contributed by atoms with Gasteiger partial charge in [0.05, 0.1) is 23.7 Å². The summed E-state index contributed by atoms with van der Waals surface area (Å²) >= 11 is 0. The van der Waals surface area contributed by atoms with Crippen molar-refractivity contribution >= 4 is 41.0 Å². The van der Waals surface area contributed by atoms with Crippen molar-refractivity contribution in [2.24, 2.45) is 0 Å². The van der Waals surface area contributed by atoms with Gasteiger partial charge in [-0.05, 0) is 38.5 Å². The first-order chi connectivity index (χ1) is 15.8. The molecule has 0 radical (unpaired) electrons. The zero-order chi connectivity index (χ0) is 25.3. The molecule has 0 atom stereocenters. The molecule has 12 nitrogen and oxygen atoms in total. The van der Waals surface area contributed by atoms with Gasteiger partial charge in [0.25, 0.3) is 20.2 Å². The van der Waals surface area contributed by atoms with Crippen LogP contribution in [0.3, 0.4) is 0 Å². The maximum Gasteiger partial charge on any atom is 0.414 e. The first-order valence-electron chi connectivity index (χ1n) is 11.5. The van der Waals surface area contributed by atoms with Crippen molar-refractivity contribution in [2.45, 2.75) is 102 Å². The highest BCUT2D eigenvalue weighted by Crippen LogP contribution is 2.24. The van der Waals surface area contributed by atoms with Crippen molar-refractivity contribution in [3.63, 3.8) is 0 Å². The van der Waals surface area contributed by atoms with E-state index in [4.69, 9.17) is 8.37 Å². The Kier molecular flexibility index (Phi) is 11.6. The van der Waals surface area contributed by atoms with E-state index in [9.17, 15) is 33.7 Å². The Bertz CT molecular complexity index is 950. The van der Waals surface area contributed by atoms with Crippen LogP contribution in [0.25, 0.3) is 0 Å². The molecule has 0 aromatic rings. The lowest BCUT2D eigenvalue weighted by Crippen LogP contribution is -2.25. The summed E-state index contributed by atoms with van der Waals surface area (Å²) < 4.78 is 113. The average Bonchev–Trinajstić information content (AvgIpc) is 2.69. The molecule has 2 aliphatic rings. The van der Waals surface area contributed by atoms with Gasteiger partial charge >= 0.3 is 20.8 Å². The minimum Gasteiger partial charge on any atom is -0.244 e. The first kappa shape index (κ1) is 29.9. The van der Waals surface area contributed by atoms with Crippen LogP contribution in [-0.4, -0.2) is 57.4 Å². The SMILES string of the molecule is O=S(=O)(CCCCCCS(=O)(=O)OS(=O)(=O)OC1CCCCC1)OS(=O)(=O)OC1CCCCC1. The zero-order valence-electron chi connectivity index (χ0n) is 19.0. The molecule has 0 N–H and O–H groups in total. The van der Waals surface area contributed by atoms with Crippen LogP contribution >= 0.6 is 0 Å². The van der Waals surface area contributed by atoms with Crippen LogP contribution in [0.15, 0.2) is 0 Å².